The number of hydrogen-bond donors (Lipinski definition) is 1. The lowest BCUT2D eigenvalue weighted by Gasteiger charge is -2.09. The molecule has 0 fully saturated rings. The fourth-order valence-electron chi connectivity index (χ4n) is 1.75. The van der Waals surface area contributed by atoms with Crippen molar-refractivity contribution in [3.63, 3.8) is 0 Å². The molecular formula is C11H8N6OS. The van der Waals surface area contributed by atoms with Crippen molar-refractivity contribution in [2.75, 3.05) is 0 Å². The lowest BCUT2D eigenvalue weighted by molar-refractivity contribution is 0.0995. The van der Waals surface area contributed by atoms with Gasteiger partial charge in [0.25, 0.3) is 5.91 Å². The largest absolute Gasteiger partial charge is 0.364 e. The molecule has 8 heteroatoms. The molecule has 0 spiro atoms. The first-order valence-electron chi connectivity index (χ1n) is 5.31. The summed E-state index contributed by atoms with van der Waals surface area (Å²) in [5, 5.41) is 9.51. The van der Waals surface area contributed by atoms with Crippen molar-refractivity contribution in [3.8, 4) is 16.9 Å². The lowest BCUT2D eigenvalue weighted by Crippen LogP contribution is -2.17. The Labute approximate surface area is 111 Å². The van der Waals surface area contributed by atoms with Gasteiger partial charge in [-0.1, -0.05) is 5.21 Å². The number of rotatable bonds is 3. The first kappa shape index (κ1) is 11.5. The number of aromatic nitrogens is 5. The minimum Gasteiger partial charge on any atom is -0.364 e. The first-order valence-corrected chi connectivity index (χ1v) is 6.25. The Hall–Kier alpha value is -2.61. The molecule has 0 saturated heterocycles. The standard InChI is InChI=1S/C11H8N6OS/c12-11(18)9-10(17-4-3-15-16-17)7(1-2-13-9)8-5-19-6-14-8/h1-6H,(H2,12,18). The highest BCUT2D eigenvalue weighted by atomic mass is 32.1. The van der Waals surface area contributed by atoms with Crippen LogP contribution in [0.3, 0.4) is 0 Å². The zero-order valence-electron chi connectivity index (χ0n) is 9.59. The summed E-state index contributed by atoms with van der Waals surface area (Å²) in [6, 6.07) is 1.76. The van der Waals surface area contributed by atoms with E-state index in [0.717, 1.165) is 11.3 Å². The Morgan fingerprint density at radius 2 is 2.21 bits per heavy atom. The number of pyridine rings is 1. The number of nitrogens with zero attached hydrogens (tertiary/aromatic N) is 5. The molecule has 0 atom stereocenters. The maximum Gasteiger partial charge on any atom is 0.269 e. The summed E-state index contributed by atoms with van der Waals surface area (Å²) in [5.74, 6) is -0.623. The quantitative estimate of drug-likeness (QED) is 0.763. The highest BCUT2D eigenvalue weighted by Gasteiger charge is 2.18. The van der Waals surface area contributed by atoms with E-state index in [9.17, 15) is 4.79 Å². The second-order valence-corrected chi connectivity index (χ2v) is 4.36. The summed E-state index contributed by atoms with van der Waals surface area (Å²) in [4.78, 5) is 19.8. The number of carbonyl (C=O) groups excluding carboxylic acids is 1. The van der Waals surface area contributed by atoms with Gasteiger partial charge in [0, 0.05) is 17.1 Å². The Morgan fingerprint density at radius 3 is 2.84 bits per heavy atom. The van der Waals surface area contributed by atoms with E-state index in [1.165, 1.54) is 28.4 Å². The lowest BCUT2D eigenvalue weighted by atomic mass is 10.1. The van der Waals surface area contributed by atoms with Crippen LogP contribution in [0.1, 0.15) is 10.5 Å². The van der Waals surface area contributed by atoms with Crippen LogP contribution in [0, 0.1) is 0 Å². The molecule has 0 aromatic carbocycles. The topological polar surface area (TPSA) is 99.6 Å². The molecule has 1 amide bonds. The highest BCUT2D eigenvalue weighted by molar-refractivity contribution is 7.07. The zero-order valence-corrected chi connectivity index (χ0v) is 10.4. The summed E-state index contributed by atoms with van der Waals surface area (Å²) in [7, 11) is 0. The third kappa shape index (κ3) is 1.97. The Morgan fingerprint density at radius 1 is 1.32 bits per heavy atom. The van der Waals surface area contributed by atoms with E-state index in [4.69, 9.17) is 5.73 Å². The molecule has 0 aliphatic heterocycles. The SMILES string of the molecule is NC(=O)c1nccc(-c2cscn2)c1-n1ccnn1. The minimum atomic E-state index is -0.623. The second kappa shape index (κ2) is 4.58. The van der Waals surface area contributed by atoms with E-state index in [0.29, 0.717) is 5.69 Å². The molecule has 0 aliphatic carbocycles. The molecule has 94 valence electrons. The van der Waals surface area contributed by atoms with Crippen LogP contribution < -0.4 is 5.73 Å². The van der Waals surface area contributed by atoms with Crippen molar-refractivity contribution < 1.29 is 4.79 Å². The van der Waals surface area contributed by atoms with Gasteiger partial charge in [-0.3, -0.25) is 4.79 Å². The molecule has 3 aromatic rings. The van der Waals surface area contributed by atoms with Crippen molar-refractivity contribution in [2.24, 2.45) is 5.73 Å². The number of thiazole rings is 1. The molecule has 3 rings (SSSR count). The Balaban J connectivity index is 2.31. The summed E-state index contributed by atoms with van der Waals surface area (Å²) >= 11 is 1.46. The average molecular weight is 272 g/mol. The Kier molecular flexibility index (Phi) is 2.76. The van der Waals surface area contributed by atoms with Gasteiger partial charge >= 0.3 is 0 Å². The van der Waals surface area contributed by atoms with E-state index in [-0.39, 0.29) is 5.69 Å². The third-order valence-corrected chi connectivity index (χ3v) is 3.10. The molecule has 0 aliphatic rings. The van der Waals surface area contributed by atoms with Gasteiger partial charge in [0.15, 0.2) is 5.69 Å². The predicted octanol–water partition coefficient (Wildman–Crippen LogP) is 0.885. The van der Waals surface area contributed by atoms with Crippen LogP contribution in [0.25, 0.3) is 16.9 Å². The van der Waals surface area contributed by atoms with Crippen LogP contribution in [-0.2, 0) is 0 Å². The molecule has 0 bridgehead atoms. The van der Waals surface area contributed by atoms with Gasteiger partial charge in [-0.05, 0) is 6.07 Å². The maximum atomic E-state index is 11.5. The number of hydrogen-bond acceptors (Lipinski definition) is 6. The van der Waals surface area contributed by atoms with Gasteiger partial charge in [0.05, 0.1) is 23.6 Å². The fraction of sp³-hybridized carbons (Fsp3) is 0. The van der Waals surface area contributed by atoms with Crippen molar-refractivity contribution in [1.82, 2.24) is 25.0 Å². The molecule has 3 heterocycles. The average Bonchev–Trinajstić information content (AvgIpc) is 3.11. The van der Waals surface area contributed by atoms with Crippen molar-refractivity contribution in [2.45, 2.75) is 0 Å². The molecule has 0 saturated carbocycles. The van der Waals surface area contributed by atoms with Gasteiger partial charge in [0.1, 0.15) is 5.69 Å². The van der Waals surface area contributed by atoms with E-state index < -0.39 is 5.91 Å². The maximum absolute atomic E-state index is 11.5. The van der Waals surface area contributed by atoms with E-state index >= 15 is 0 Å². The number of nitrogens with two attached hydrogens (primary N) is 1. The molecule has 3 aromatic heterocycles. The van der Waals surface area contributed by atoms with Gasteiger partial charge in [-0.2, -0.15) is 0 Å². The van der Waals surface area contributed by atoms with Crippen molar-refractivity contribution >= 4 is 17.2 Å². The molecule has 7 nitrogen and oxygen atoms in total. The smallest absolute Gasteiger partial charge is 0.269 e. The molecule has 0 radical (unpaired) electrons. The Bertz CT molecular complexity index is 707. The predicted molar refractivity (Wildman–Crippen MR) is 68.8 cm³/mol. The summed E-state index contributed by atoms with van der Waals surface area (Å²) in [6.45, 7) is 0. The number of carbonyl (C=O) groups is 1. The van der Waals surface area contributed by atoms with Crippen molar-refractivity contribution in [1.29, 1.82) is 0 Å². The van der Waals surface area contributed by atoms with Crippen LogP contribution in [0.2, 0.25) is 0 Å². The van der Waals surface area contributed by atoms with Crippen molar-refractivity contribution in [3.05, 3.63) is 41.2 Å². The number of primary amides is 1. The fourth-order valence-corrected chi connectivity index (χ4v) is 2.30. The molecule has 2 N–H and O–H groups in total. The van der Waals surface area contributed by atoms with Crippen LogP contribution in [0.5, 0.6) is 0 Å². The van der Waals surface area contributed by atoms with E-state index in [1.807, 2.05) is 5.38 Å². The van der Waals surface area contributed by atoms with Crippen LogP contribution in [-0.4, -0.2) is 30.9 Å². The molecular weight excluding hydrogens is 264 g/mol. The number of amides is 1. The van der Waals surface area contributed by atoms with Gasteiger partial charge < -0.3 is 5.73 Å². The van der Waals surface area contributed by atoms with Gasteiger partial charge in [0.2, 0.25) is 0 Å². The monoisotopic (exact) mass is 272 g/mol. The van der Waals surface area contributed by atoms with Crippen LogP contribution >= 0.6 is 11.3 Å². The van der Waals surface area contributed by atoms with Crippen LogP contribution in [0.15, 0.2) is 35.5 Å². The molecule has 0 unspecified atom stereocenters. The van der Waals surface area contributed by atoms with Gasteiger partial charge in [-0.25, -0.2) is 14.6 Å². The van der Waals surface area contributed by atoms with Crippen LogP contribution in [0.4, 0.5) is 0 Å². The van der Waals surface area contributed by atoms with Gasteiger partial charge in [-0.15, -0.1) is 16.4 Å². The normalized spacial score (nSPS) is 10.5. The van der Waals surface area contributed by atoms with E-state index in [1.54, 1.807) is 17.8 Å². The van der Waals surface area contributed by atoms with E-state index in [2.05, 4.69) is 20.3 Å². The highest BCUT2D eigenvalue weighted by Crippen LogP contribution is 2.27. The zero-order chi connectivity index (χ0) is 13.2. The third-order valence-electron chi connectivity index (χ3n) is 2.52. The summed E-state index contributed by atoms with van der Waals surface area (Å²) in [6.07, 6.45) is 4.66. The first-order chi connectivity index (χ1) is 9.27. The summed E-state index contributed by atoms with van der Waals surface area (Å²) < 4.78 is 1.46. The minimum absolute atomic E-state index is 0.135. The summed E-state index contributed by atoms with van der Waals surface area (Å²) in [5.41, 5.74) is 9.16. The molecule has 19 heavy (non-hydrogen) atoms. The second-order valence-electron chi connectivity index (χ2n) is 3.64.